The van der Waals surface area contributed by atoms with Crippen LogP contribution < -0.4 is 5.84 Å². The Morgan fingerprint density at radius 2 is 2.10 bits per heavy atom. The SMILES string of the molecule is Cc1ccc(-c2csc(C3C(=N)N(N)CC3=O)n2)cc1. The summed E-state index contributed by atoms with van der Waals surface area (Å²) in [5, 5.41) is 11.6. The van der Waals surface area contributed by atoms with Crippen molar-refractivity contribution in [2.75, 3.05) is 6.54 Å². The number of aryl methyl sites for hydroxylation is 1. The highest BCUT2D eigenvalue weighted by Gasteiger charge is 2.37. The van der Waals surface area contributed by atoms with Crippen LogP contribution in [0.25, 0.3) is 11.3 Å². The third-order valence-electron chi connectivity index (χ3n) is 3.35. The van der Waals surface area contributed by atoms with Crippen LogP contribution in [-0.2, 0) is 4.79 Å². The summed E-state index contributed by atoms with van der Waals surface area (Å²) >= 11 is 1.40. The van der Waals surface area contributed by atoms with Crippen LogP contribution in [-0.4, -0.2) is 28.2 Å². The first-order valence-corrected chi connectivity index (χ1v) is 7.10. The number of aromatic nitrogens is 1. The number of nitrogens with one attached hydrogen (secondary N) is 1. The lowest BCUT2D eigenvalue weighted by Crippen LogP contribution is -2.32. The molecule has 0 spiro atoms. The summed E-state index contributed by atoms with van der Waals surface area (Å²) in [6.45, 7) is 2.12. The van der Waals surface area contributed by atoms with Crippen LogP contribution in [0.5, 0.6) is 0 Å². The first-order chi connectivity index (χ1) is 9.56. The lowest BCUT2D eigenvalue weighted by atomic mass is 10.1. The van der Waals surface area contributed by atoms with Crippen LogP contribution in [0, 0.1) is 12.3 Å². The van der Waals surface area contributed by atoms with Gasteiger partial charge in [0, 0.05) is 10.9 Å². The zero-order valence-corrected chi connectivity index (χ0v) is 11.8. The average molecular weight is 286 g/mol. The summed E-state index contributed by atoms with van der Waals surface area (Å²) in [6.07, 6.45) is 0. The Labute approximate surface area is 120 Å². The molecule has 1 saturated heterocycles. The molecule has 0 bridgehead atoms. The van der Waals surface area contributed by atoms with Crippen LogP contribution in [0.15, 0.2) is 29.6 Å². The summed E-state index contributed by atoms with van der Waals surface area (Å²) in [7, 11) is 0. The number of rotatable bonds is 2. The van der Waals surface area contributed by atoms with Gasteiger partial charge in [0.1, 0.15) is 16.8 Å². The molecule has 2 heterocycles. The van der Waals surface area contributed by atoms with Crippen molar-refractivity contribution in [3.8, 4) is 11.3 Å². The van der Waals surface area contributed by atoms with Gasteiger partial charge in [-0.2, -0.15) is 0 Å². The minimum atomic E-state index is -0.607. The lowest BCUT2D eigenvalue weighted by Gasteiger charge is -2.09. The van der Waals surface area contributed by atoms with Crippen molar-refractivity contribution >= 4 is 23.0 Å². The Hall–Kier alpha value is -2.05. The van der Waals surface area contributed by atoms with Gasteiger partial charge < -0.3 is 0 Å². The molecule has 0 amide bonds. The van der Waals surface area contributed by atoms with Crippen LogP contribution >= 0.6 is 11.3 Å². The molecule has 20 heavy (non-hydrogen) atoms. The minimum Gasteiger partial charge on any atom is -0.296 e. The number of nitrogens with zero attached hydrogens (tertiary/aromatic N) is 2. The number of benzene rings is 1. The van der Waals surface area contributed by atoms with Gasteiger partial charge in [0.2, 0.25) is 0 Å². The number of thiazole rings is 1. The minimum absolute atomic E-state index is 0.0673. The van der Waals surface area contributed by atoms with Gasteiger partial charge >= 0.3 is 0 Å². The summed E-state index contributed by atoms with van der Waals surface area (Å²) in [5.41, 5.74) is 3.04. The topological polar surface area (TPSA) is 83.1 Å². The first kappa shape index (κ1) is 13.0. The Morgan fingerprint density at radius 1 is 1.40 bits per heavy atom. The van der Waals surface area contributed by atoms with E-state index in [-0.39, 0.29) is 18.2 Å². The van der Waals surface area contributed by atoms with Crippen molar-refractivity contribution < 1.29 is 4.79 Å². The Bertz CT molecular complexity index is 677. The Balaban J connectivity index is 1.93. The molecule has 3 rings (SSSR count). The number of hydrazine groups is 1. The van der Waals surface area contributed by atoms with Crippen LogP contribution in [0.1, 0.15) is 16.5 Å². The van der Waals surface area contributed by atoms with Crippen molar-refractivity contribution in [1.29, 1.82) is 5.41 Å². The van der Waals surface area contributed by atoms with E-state index in [0.29, 0.717) is 5.01 Å². The molecule has 1 aliphatic rings. The van der Waals surface area contributed by atoms with E-state index in [1.807, 2.05) is 36.6 Å². The van der Waals surface area contributed by atoms with Crippen molar-refractivity contribution in [3.05, 3.63) is 40.2 Å². The molecule has 0 saturated carbocycles. The zero-order valence-electron chi connectivity index (χ0n) is 11.0. The van der Waals surface area contributed by atoms with Gasteiger partial charge in [-0.05, 0) is 6.92 Å². The van der Waals surface area contributed by atoms with E-state index in [4.69, 9.17) is 11.3 Å². The van der Waals surface area contributed by atoms with Gasteiger partial charge in [0.05, 0.1) is 12.2 Å². The third kappa shape index (κ3) is 2.13. The Kier molecular flexibility index (Phi) is 3.11. The number of Topliss-reactive ketones (excluding diaryl/α,β-unsaturated/α-hetero) is 1. The highest BCUT2D eigenvalue weighted by atomic mass is 32.1. The van der Waals surface area contributed by atoms with Gasteiger partial charge in [-0.25, -0.2) is 10.8 Å². The van der Waals surface area contributed by atoms with Crippen LogP contribution in [0.4, 0.5) is 0 Å². The van der Waals surface area contributed by atoms with E-state index in [1.54, 1.807) is 0 Å². The monoisotopic (exact) mass is 286 g/mol. The lowest BCUT2D eigenvalue weighted by molar-refractivity contribution is -0.117. The average Bonchev–Trinajstić information content (AvgIpc) is 2.97. The molecule has 1 atom stereocenters. The number of carbonyl (C=O) groups excluding carboxylic acids is 1. The van der Waals surface area contributed by atoms with Crippen molar-refractivity contribution in [3.63, 3.8) is 0 Å². The van der Waals surface area contributed by atoms with E-state index < -0.39 is 5.92 Å². The molecule has 1 aromatic heterocycles. The molecule has 3 N–H and O–H groups in total. The first-order valence-electron chi connectivity index (χ1n) is 6.22. The normalized spacial score (nSPS) is 18.9. The van der Waals surface area contributed by atoms with Crippen molar-refractivity contribution in [2.24, 2.45) is 5.84 Å². The summed E-state index contributed by atoms with van der Waals surface area (Å²) in [5.74, 6) is 5.05. The van der Waals surface area contributed by atoms with Crippen LogP contribution in [0.3, 0.4) is 0 Å². The number of hydrogen-bond acceptors (Lipinski definition) is 5. The molecule has 1 aromatic carbocycles. The van der Waals surface area contributed by atoms with Gasteiger partial charge in [-0.1, -0.05) is 29.8 Å². The summed E-state index contributed by atoms with van der Waals surface area (Å²) < 4.78 is 0. The van der Waals surface area contributed by atoms with E-state index in [1.165, 1.54) is 21.9 Å². The predicted octanol–water partition coefficient (Wildman–Crippen LogP) is 1.94. The fraction of sp³-hybridized carbons (Fsp3) is 0.214. The highest BCUT2D eigenvalue weighted by molar-refractivity contribution is 7.10. The second-order valence-electron chi connectivity index (χ2n) is 4.85. The quantitative estimate of drug-likeness (QED) is 0.826. The Morgan fingerprint density at radius 3 is 2.70 bits per heavy atom. The largest absolute Gasteiger partial charge is 0.296 e. The predicted molar refractivity (Wildman–Crippen MR) is 78.7 cm³/mol. The standard InChI is InChI=1S/C14H14N4OS/c1-8-2-4-9(5-3-8)10-7-20-14(17-10)12-11(19)6-18(16)13(12)15/h2-5,7,12,15H,6,16H2,1H3. The molecular weight excluding hydrogens is 272 g/mol. The van der Waals surface area contributed by atoms with E-state index >= 15 is 0 Å². The molecule has 6 heteroatoms. The maximum absolute atomic E-state index is 11.9. The van der Waals surface area contributed by atoms with Crippen molar-refractivity contribution in [2.45, 2.75) is 12.8 Å². The molecule has 1 aliphatic heterocycles. The molecule has 0 aliphatic carbocycles. The fourth-order valence-electron chi connectivity index (χ4n) is 2.19. The maximum Gasteiger partial charge on any atom is 0.171 e. The maximum atomic E-state index is 11.9. The zero-order chi connectivity index (χ0) is 14.3. The third-order valence-corrected chi connectivity index (χ3v) is 4.26. The van der Waals surface area contributed by atoms with Gasteiger partial charge in [0.25, 0.3) is 0 Å². The van der Waals surface area contributed by atoms with Gasteiger partial charge in [-0.3, -0.25) is 15.2 Å². The second kappa shape index (κ2) is 4.81. The number of ketones is 1. The fourth-order valence-corrected chi connectivity index (χ4v) is 3.15. The van der Waals surface area contributed by atoms with E-state index in [2.05, 4.69) is 4.98 Å². The summed E-state index contributed by atoms with van der Waals surface area (Å²) in [4.78, 5) is 16.4. The smallest absolute Gasteiger partial charge is 0.171 e. The number of nitrogens with two attached hydrogens (primary N) is 1. The molecule has 5 nitrogen and oxygen atoms in total. The van der Waals surface area contributed by atoms with Crippen molar-refractivity contribution in [1.82, 2.24) is 9.99 Å². The molecule has 1 fully saturated rings. The highest BCUT2D eigenvalue weighted by Crippen LogP contribution is 2.30. The number of hydrogen-bond donors (Lipinski definition) is 2. The second-order valence-corrected chi connectivity index (χ2v) is 5.74. The molecule has 0 radical (unpaired) electrons. The van der Waals surface area contributed by atoms with E-state index in [0.717, 1.165) is 11.3 Å². The van der Waals surface area contributed by atoms with Crippen LogP contribution in [0.2, 0.25) is 0 Å². The molecular formula is C14H14N4OS. The van der Waals surface area contributed by atoms with E-state index in [9.17, 15) is 4.79 Å². The van der Waals surface area contributed by atoms with Gasteiger partial charge in [0.15, 0.2) is 5.78 Å². The van der Waals surface area contributed by atoms with Gasteiger partial charge in [-0.15, -0.1) is 11.3 Å². The molecule has 1 unspecified atom stereocenters. The number of carbonyl (C=O) groups is 1. The number of amidine groups is 1. The summed E-state index contributed by atoms with van der Waals surface area (Å²) in [6, 6.07) is 8.06. The molecule has 102 valence electrons. The molecule has 2 aromatic rings.